The van der Waals surface area contributed by atoms with Gasteiger partial charge in [0.05, 0.1) is 18.7 Å². The Kier molecular flexibility index (Phi) is 10.1. The summed E-state index contributed by atoms with van der Waals surface area (Å²) in [5.74, 6) is -1.23. The van der Waals surface area contributed by atoms with Crippen molar-refractivity contribution in [2.24, 2.45) is 0 Å². The molecule has 1 aromatic heterocycles. The molecule has 4 rings (SSSR count). The molecule has 2 heterocycles. The normalized spacial score (nSPS) is 20.6. The van der Waals surface area contributed by atoms with E-state index < -0.39 is 39.6 Å². The van der Waals surface area contributed by atoms with Crippen molar-refractivity contribution in [3.8, 4) is 11.6 Å². The SMILES string of the molecule is COc1cc(C(=O)NN2CCN(C)CC2)ccc1Nc1ncc(C(F)(F)F)c(O[C@@H]2CCCC[C@H]2NCS(C)(=O)=O)n1. The van der Waals surface area contributed by atoms with Gasteiger partial charge in [0.2, 0.25) is 11.8 Å². The Labute approximate surface area is 242 Å². The van der Waals surface area contributed by atoms with Crippen molar-refractivity contribution in [1.29, 1.82) is 0 Å². The number of rotatable bonds is 10. The molecule has 0 bridgehead atoms. The number of amides is 1. The van der Waals surface area contributed by atoms with Gasteiger partial charge in [0.15, 0.2) is 9.84 Å². The number of halogens is 3. The fraction of sp³-hybridized carbons (Fsp3) is 0.577. The highest BCUT2D eigenvalue weighted by molar-refractivity contribution is 7.90. The number of piperazine rings is 1. The number of aromatic nitrogens is 2. The molecule has 1 saturated carbocycles. The van der Waals surface area contributed by atoms with E-state index in [1.807, 2.05) is 12.1 Å². The summed E-state index contributed by atoms with van der Waals surface area (Å²) in [6.07, 6.45) is -1.33. The van der Waals surface area contributed by atoms with Crippen LogP contribution in [0.5, 0.6) is 11.6 Å². The lowest BCUT2D eigenvalue weighted by Gasteiger charge is -2.32. The first-order valence-corrected chi connectivity index (χ1v) is 15.6. The molecule has 1 saturated heterocycles. The summed E-state index contributed by atoms with van der Waals surface area (Å²) < 4.78 is 76.0. The van der Waals surface area contributed by atoms with Crippen molar-refractivity contribution in [3.63, 3.8) is 0 Å². The van der Waals surface area contributed by atoms with Gasteiger partial charge in [-0.2, -0.15) is 18.2 Å². The average molecular weight is 616 g/mol. The van der Waals surface area contributed by atoms with Gasteiger partial charge in [-0.05, 0) is 44.5 Å². The van der Waals surface area contributed by atoms with E-state index in [2.05, 4.69) is 30.9 Å². The first-order chi connectivity index (χ1) is 19.8. The molecule has 12 nitrogen and oxygen atoms in total. The van der Waals surface area contributed by atoms with E-state index in [0.717, 1.165) is 25.8 Å². The number of carbonyl (C=O) groups excluding carboxylic acids is 1. The largest absolute Gasteiger partial charge is 0.495 e. The lowest BCUT2D eigenvalue weighted by molar-refractivity contribution is -0.140. The number of hydrazine groups is 1. The minimum Gasteiger partial charge on any atom is -0.495 e. The zero-order chi connectivity index (χ0) is 30.5. The van der Waals surface area contributed by atoms with Crippen LogP contribution in [-0.4, -0.2) is 98.8 Å². The summed E-state index contributed by atoms with van der Waals surface area (Å²) >= 11 is 0. The maximum absolute atomic E-state index is 13.8. The zero-order valence-electron chi connectivity index (χ0n) is 23.7. The maximum Gasteiger partial charge on any atom is 0.423 e. The first kappa shape index (κ1) is 31.7. The maximum atomic E-state index is 13.8. The Balaban J connectivity index is 1.52. The van der Waals surface area contributed by atoms with Crippen molar-refractivity contribution in [1.82, 2.24) is 30.6 Å². The second-order valence-corrected chi connectivity index (χ2v) is 12.6. The summed E-state index contributed by atoms with van der Waals surface area (Å²) in [4.78, 5) is 22.8. The first-order valence-electron chi connectivity index (χ1n) is 13.5. The summed E-state index contributed by atoms with van der Waals surface area (Å²) in [6, 6.07) is 4.14. The number of nitrogens with one attached hydrogen (secondary N) is 3. The highest BCUT2D eigenvalue weighted by Gasteiger charge is 2.38. The third-order valence-corrected chi connectivity index (χ3v) is 7.80. The number of methoxy groups -OCH3 is 1. The molecule has 16 heteroatoms. The van der Waals surface area contributed by atoms with Gasteiger partial charge in [0.1, 0.15) is 17.4 Å². The molecule has 2 fully saturated rings. The molecule has 2 aromatic rings. The van der Waals surface area contributed by atoms with Crippen LogP contribution in [0.1, 0.15) is 41.6 Å². The molecular weight excluding hydrogens is 579 g/mol. The quantitative estimate of drug-likeness (QED) is 0.363. The number of alkyl halides is 3. The second-order valence-electron chi connectivity index (χ2n) is 10.5. The summed E-state index contributed by atoms with van der Waals surface area (Å²) in [5, 5.41) is 7.58. The van der Waals surface area contributed by atoms with Crippen LogP contribution < -0.4 is 25.5 Å². The van der Waals surface area contributed by atoms with Crippen molar-refractivity contribution >= 4 is 27.4 Å². The van der Waals surface area contributed by atoms with Gasteiger partial charge in [-0.3, -0.25) is 15.5 Å². The highest BCUT2D eigenvalue weighted by atomic mass is 32.2. The van der Waals surface area contributed by atoms with Crippen LogP contribution in [0.3, 0.4) is 0 Å². The van der Waals surface area contributed by atoms with E-state index in [0.29, 0.717) is 49.8 Å². The van der Waals surface area contributed by atoms with Crippen molar-refractivity contribution in [2.45, 2.75) is 44.0 Å². The topological polar surface area (TPSA) is 138 Å². The molecule has 2 atom stereocenters. The molecule has 3 N–H and O–H groups in total. The number of hydrogen-bond donors (Lipinski definition) is 3. The van der Waals surface area contributed by atoms with E-state index in [1.165, 1.54) is 13.2 Å². The van der Waals surface area contributed by atoms with E-state index in [9.17, 15) is 26.4 Å². The number of sulfone groups is 1. The van der Waals surface area contributed by atoms with E-state index in [-0.39, 0.29) is 23.5 Å². The molecule has 0 unspecified atom stereocenters. The lowest BCUT2D eigenvalue weighted by atomic mass is 9.92. The van der Waals surface area contributed by atoms with Gasteiger partial charge in [-0.1, -0.05) is 6.42 Å². The van der Waals surface area contributed by atoms with Crippen LogP contribution in [0.2, 0.25) is 0 Å². The van der Waals surface area contributed by atoms with Crippen LogP contribution in [-0.2, 0) is 16.0 Å². The van der Waals surface area contributed by atoms with Crippen LogP contribution in [0.4, 0.5) is 24.8 Å². The molecular formula is C26H36F3N7O5S. The van der Waals surface area contributed by atoms with Gasteiger partial charge < -0.3 is 19.7 Å². The molecule has 0 spiro atoms. The molecule has 42 heavy (non-hydrogen) atoms. The molecule has 2 aliphatic rings. The lowest BCUT2D eigenvalue weighted by Crippen LogP contribution is -2.52. The highest BCUT2D eigenvalue weighted by Crippen LogP contribution is 2.37. The second kappa shape index (κ2) is 13.4. The van der Waals surface area contributed by atoms with Gasteiger partial charge in [-0.25, -0.2) is 18.4 Å². The molecule has 1 aliphatic carbocycles. The molecule has 1 aliphatic heterocycles. The number of ether oxygens (including phenoxy) is 2. The van der Waals surface area contributed by atoms with Gasteiger partial charge in [0, 0.05) is 50.2 Å². The fourth-order valence-electron chi connectivity index (χ4n) is 4.77. The third kappa shape index (κ3) is 8.65. The minimum atomic E-state index is -4.78. The Hall–Kier alpha value is -3.21. The minimum absolute atomic E-state index is 0.178. The van der Waals surface area contributed by atoms with E-state index in [4.69, 9.17) is 9.47 Å². The van der Waals surface area contributed by atoms with Crippen LogP contribution in [0.15, 0.2) is 24.4 Å². The Morgan fingerprint density at radius 1 is 1.14 bits per heavy atom. The standard InChI is InChI=1S/C26H36F3N7O5S/c1-35-10-12-36(13-11-35)34-23(37)17-8-9-20(22(14-17)40-2)32-25-30-15-18(26(27,28)29)24(33-25)41-21-7-5-4-6-19(21)31-16-42(3,38)39/h8-9,14-15,19,21,31H,4-7,10-13,16H2,1-3H3,(H,34,37)(H,30,32,33)/t19-,21-/m1/s1. The smallest absolute Gasteiger partial charge is 0.423 e. The third-order valence-electron chi connectivity index (χ3n) is 7.11. The summed E-state index contributed by atoms with van der Waals surface area (Å²) in [7, 11) is 0.0709. The number of anilines is 2. The predicted octanol–water partition coefficient (Wildman–Crippen LogP) is 2.42. The number of hydrogen-bond acceptors (Lipinski definition) is 11. The van der Waals surface area contributed by atoms with Crippen molar-refractivity contribution in [3.05, 3.63) is 35.5 Å². The summed E-state index contributed by atoms with van der Waals surface area (Å²) in [5.41, 5.74) is 2.38. The molecule has 0 radical (unpaired) electrons. The van der Waals surface area contributed by atoms with E-state index in [1.54, 1.807) is 12.1 Å². The van der Waals surface area contributed by atoms with Gasteiger partial charge >= 0.3 is 6.18 Å². The number of likely N-dealkylation sites (N-methyl/N-ethyl adjacent to an activating group) is 1. The van der Waals surface area contributed by atoms with Gasteiger partial charge in [-0.15, -0.1) is 0 Å². The van der Waals surface area contributed by atoms with Crippen LogP contribution >= 0.6 is 0 Å². The Bertz CT molecular complexity index is 1350. The Morgan fingerprint density at radius 3 is 2.52 bits per heavy atom. The Morgan fingerprint density at radius 2 is 1.86 bits per heavy atom. The average Bonchev–Trinajstić information content (AvgIpc) is 2.93. The van der Waals surface area contributed by atoms with Crippen molar-refractivity contribution < 1.29 is 35.9 Å². The zero-order valence-corrected chi connectivity index (χ0v) is 24.5. The molecule has 1 amide bonds. The molecule has 1 aromatic carbocycles. The van der Waals surface area contributed by atoms with Crippen LogP contribution in [0.25, 0.3) is 0 Å². The monoisotopic (exact) mass is 615 g/mol. The van der Waals surface area contributed by atoms with Crippen molar-refractivity contribution in [2.75, 3.05) is 57.8 Å². The number of nitrogens with zero attached hydrogens (tertiary/aromatic N) is 4. The van der Waals surface area contributed by atoms with E-state index >= 15 is 0 Å². The van der Waals surface area contributed by atoms with Crippen LogP contribution in [0, 0.1) is 0 Å². The van der Waals surface area contributed by atoms with Gasteiger partial charge in [0.25, 0.3) is 5.91 Å². The fourth-order valence-corrected chi connectivity index (χ4v) is 5.28. The number of benzene rings is 1. The predicted molar refractivity (Wildman–Crippen MR) is 149 cm³/mol. The summed E-state index contributed by atoms with van der Waals surface area (Å²) in [6.45, 7) is 3.02. The number of carbonyl (C=O) groups is 1. The molecule has 232 valence electrons.